The van der Waals surface area contributed by atoms with Crippen LogP contribution in [0.15, 0.2) is 6.20 Å². The second-order valence-electron chi connectivity index (χ2n) is 5.64. The fourth-order valence-electron chi connectivity index (χ4n) is 2.70. The normalized spacial score (nSPS) is 22.1. The third kappa shape index (κ3) is 3.60. The van der Waals surface area contributed by atoms with Crippen molar-refractivity contribution in [3.05, 3.63) is 17.5 Å². The SMILES string of the molecule is CNC(=O)CC[C@@]1(O)CCCN(C(=O)c2cn[nH]c2C)C1. The van der Waals surface area contributed by atoms with E-state index < -0.39 is 5.60 Å². The van der Waals surface area contributed by atoms with Crippen molar-refractivity contribution in [1.82, 2.24) is 20.4 Å². The van der Waals surface area contributed by atoms with Gasteiger partial charge in [-0.3, -0.25) is 14.7 Å². The summed E-state index contributed by atoms with van der Waals surface area (Å²) in [4.78, 5) is 25.4. The fraction of sp³-hybridized carbons (Fsp3) is 0.643. The van der Waals surface area contributed by atoms with Gasteiger partial charge in [0.2, 0.25) is 5.91 Å². The summed E-state index contributed by atoms with van der Waals surface area (Å²) in [5, 5.41) is 19.7. The Kier molecular flexibility index (Phi) is 4.62. The molecule has 116 valence electrons. The predicted molar refractivity (Wildman–Crippen MR) is 76.7 cm³/mol. The number of amides is 2. The Morgan fingerprint density at radius 3 is 2.95 bits per heavy atom. The molecule has 0 aliphatic carbocycles. The molecule has 1 saturated heterocycles. The third-order valence-corrected chi connectivity index (χ3v) is 4.00. The molecular formula is C14H22N4O3. The van der Waals surface area contributed by atoms with Gasteiger partial charge >= 0.3 is 0 Å². The number of aromatic amines is 1. The average Bonchev–Trinajstić information content (AvgIpc) is 2.90. The molecule has 1 fully saturated rings. The van der Waals surface area contributed by atoms with Crippen molar-refractivity contribution < 1.29 is 14.7 Å². The van der Waals surface area contributed by atoms with Crippen LogP contribution in [-0.2, 0) is 4.79 Å². The van der Waals surface area contributed by atoms with Crippen molar-refractivity contribution in [3.63, 3.8) is 0 Å². The second kappa shape index (κ2) is 6.26. The van der Waals surface area contributed by atoms with Crippen LogP contribution in [-0.4, -0.2) is 57.8 Å². The number of carbonyl (C=O) groups is 2. The Hall–Kier alpha value is -1.89. The maximum absolute atomic E-state index is 12.4. The number of hydrogen-bond donors (Lipinski definition) is 3. The molecule has 7 heteroatoms. The van der Waals surface area contributed by atoms with Crippen LogP contribution < -0.4 is 5.32 Å². The first-order valence-electron chi connectivity index (χ1n) is 7.17. The third-order valence-electron chi connectivity index (χ3n) is 4.00. The van der Waals surface area contributed by atoms with Crippen molar-refractivity contribution >= 4 is 11.8 Å². The van der Waals surface area contributed by atoms with Crippen LogP contribution in [0.3, 0.4) is 0 Å². The van der Waals surface area contributed by atoms with Gasteiger partial charge in [-0.05, 0) is 26.2 Å². The Morgan fingerprint density at radius 2 is 2.33 bits per heavy atom. The van der Waals surface area contributed by atoms with Crippen molar-refractivity contribution in [2.75, 3.05) is 20.1 Å². The summed E-state index contributed by atoms with van der Waals surface area (Å²) in [5.41, 5.74) is 0.267. The van der Waals surface area contributed by atoms with Crippen LogP contribution in [0.5, 0.6) is 0 Å². The van der Waals surface area contributed by atoms with Crippen LogP contribution in [0.1, 0.15) is 41.7 Å². The summed E-state index contributed by atoms with van der Waals surface area (Å²) in [6, 6.07) is 0. The Bertz CT molecular complexity index is 528. The monoisotopic (exact) mass is 294 g/mol. The van der Waals surface area contributed by atoms with Gasteiger partial charge in [-0.2, -0.15) is 5.10 Å². The van der Waals surface area contributed by atoms with Gasteiger partial charge in [0.15, 0.2) is 0 Å². The highest BCUT2D eigenvalue weighted by Gasteiger charge is 2.36. The Labute approximate surface area is 123 Å². The minimum atomic E-state index is -0.988. The average molecular weight is 294 g/mol. The molecule has 21 heavy (non-hydrogen) atoms. The molecule has 1 aliphatic rings. The summed E-state index contributed by atoms with van der Waals surface area (Å²) in [6.07, 6.45) is 3.47. The predicted octanol–water partition coefficient (Wildman–Crippen LogP) is 0.211. The fourth-order valence-corrected chi connectivity index (χ4v) is 2.70. The zero-order valence-electron chi connectivity index (χ0n) is 12.5. The van der Waals surface area contributed by atoms with Gasteiger partial charge in [0.25, 0.3) is 5.91 Å². The number of aryl methyl sites for hydroxylation is 1. The van der Waals surface area contributed by atoms with E-state index in [9.17, 15) is 14.7 Å². The van der Waals surface area contributed by atoms with E-state index in [-0.39, 0.29) is 24.8 Å². The van der Waals surface area contributed by atoms with E-state index in [0.717, 1.165) is 12.1 Å². The number of β-amino-alcohol motifs (C(OH)–C–C–N with tert-alkyl or cyclic N) is 1. The van der Waals surface area contributed by atoms with E-state index >= 15 is 0 Å². The first kappa shape index (κ1) is 15.5. The number of nitrogens with one attached hydrogen (secondary N) is 2. The van der Waals surface area contributed by atoms with Gasteiger partial charge in [-0.15, -0.1) is 0 Å². The van der Waals surface area contributed by atoms with Crippen molar-refractivity contribution in [2.45, 2.75) is 38.2 Å². The molecule has 1 aromatic rings. The summed E-state index contributed by atoms with van der Waals surface area (Å²) in [5.74, 6) is -0.225. The lowest BCUT2D eigenvalue weighted by Crippen LogP contribution is -2.50. The lowest BCUT2D eigenvalue weighted by Gasteiger charge is -2.39. The summed E-state index contributed by atoms with van der Waals surface area (Å²) in [6.45, 7) is 2.67. The van der Waals surface area contributed by atoms with Crippen molar-refractivity contribution in [1.29, 1.82) is 0 Å². The number of carbonyl (C=O) groups excluding carboxylic acids is 2. The first-order chi connectivity index (χ1) is 9.95. The number of hydrogen-bond acceptors (Lipinski definition) is 4. The summed E-state index contributed by atoms with van der Waals surface area (Å²) >= 11 is 0. The van der Waals surface area contributed by atoms with Crippen LogP contribution in [0.2, 0.25) is 0 Å². The van der Waals surface area contributed by atoms with Crippen molar-refractivity contribution in [2.24, 2.45) is 0 Å². The van der Waals surface area contributed by atoms with E-state index in [2.05, 4.69) is 15.5 Å². The summed E-state index contributed by atoms with van der Waals surface area (Å²) in [7, 11) is 1.57. The number of piperidine rings is 1. The standard InChI is InChI=1S/C14H22N4O3/c1-10-11(8-16-17-10)13(20)18-7-3-5-14(21,9-18)6-4-12(19)15-2/h8,21H,3-7,9H2,1-2H3,(H,15,19)(H,16,17)/t14-/m0/s1. The number of aromatic nitrogens is 2. The maximum Gasteiger partial charge on any atom is 0.257 e. The van der Waals surface area contributed by atoms with E-state index in [1.165, 1.54) is 6.20 Å². The van der Waals surface area contributed by atoms with E-state index in [0.29, 0.717) is 24.9 Å². The first-order valence-corrected chi connectivity index (χ1v) is 7.17. The maximum atomic E-state index is 12.4. The van der Waals surface area contributed by atoms with Gasteiger partial charge in [0.1, 0.15) is 0 Å². The minimum Gasteiger partial charge on any atom is -0.388 e. The Morgan fingerprint density at radius 1 is 1.57 bits per heavy atom. The molecule has 0 radical (unpaired) electrons. The largest absolute Gasteiger partial charge is 0.388 e. The van der Waals surface area contributed by atoms with Gasteiger partial charge in [-0.25, -0.2) is 0 Å². The quantitative estimate of drug-likeness (QED) is 0.739. The highest BCUT2D eigenvalue weighted by molar-refractivity contribution is 5.95. The molecule has 2 rings (SSSR count). The number of likely N-dealkylation sites (tertiary alicyclic amines) is 1. The molecule has 1 aliphatic heterocycles. The highest BCUT2D eigenvalue weighted by atomic mass is 16.3. The molecule has 1 aromatic heterocycles. The van der Waals surface area contributed by atoms with Crippen molar-refractivity contribution in [3.8, 4) is 0 Å². The molecule has 0 aromatic carbocycles. The van der Waals surface area contributed by atoms with E-state index in [1.54, 1.807) is 18.9 Å². The zero-order chi connectivity index (χ0) is 15.5. The van der Waals surface area contributed by atoms with E-state index in [1.807, 2.05) is 0 Å². The highest BCUT2D eigenvalue weighted by Crippen LogP contribution is 2.27. The van der Waals surface area contributed by atoms with Crippen LogP contribution in [0.25, 0.3) is 0 Å². The zero-order valence-corrected chi connectivity index (χ0v) is 12.5. The smallest absolute Gasteiger partial charge is 0.257 e. The molecule has 3 N–H and O–H groups in total. The lowest BCUT2D eigenvalue weighted by molar-refractivity contribution is -0.122. The molecule has 0 saturated carbocycles. The van der Waals surface area contributed by atoms with E-state index in [4.69, 9.17) is 0 Å². The van der Waals surface area contributed by atoms with Gasteiger partial charge in [-0.1, -0.05) is 0 Å². The molecule has 0 spiro atoms. The summed E-state index contributed by atoms with van der Waals surface area (Å²) < 4.78 is 0. The molecule has 2 amide bonds. The van der Waals surface area contributed by atoms with Crippen LogP contribution in [0.4, 0.5) is 0 Å². The molecular weight excluding hydrogens is 272 g/mol. The van der Waals surface area contributed by atoms with Gasteiger partial charge in [0, 0.05) is 32.3 Å². The molecule has 0 bridgehead atoms. The lowest BCUT2D eigenvalue weighted by atomic mass is 9.88. The molecule has 1 atom stereocenters. The number of nitrogens with zero attached hydrogens (tertiary/aromatic N) is 2. The minimum absolute atomic E-state index is 0.0995. The topological polar surface area (TPSA) is 98.3 Å². The number of rotatable bonds is 4. The Balaban J connectivity index is 2.01. The molecule has 2 heterocycles. The molecule has 0 unspecified atom stereocenters. The van der Waals surface area contributed by atoms with Crippen LogP contribution >= 0.6 is 0 Å². The molecule has 7 nitrogen and oxygen atoms in total. The second-order valence-corrected chi connectivity index (χ2v) is 5.64. The van der Waals surface area contributed by atoms with Crippen LogP contribution in [0, 0.1) is 6.92 Å². The van der Waals surface area contributed by atoms with Gasteiger partial charge < -0.3 is 15.3 Å². The number of H-pyrrole nitrogens is 1. The van der Waals surface area contributed by atoms with Gasteiger partial charge in [0.05, 0.1) is 17.4 Å². The number of aliphatic hydroxyl groups is 1.